The first-order chi connectivity index (χ1) is 11.3. The Morgan fingerprint density at radius 1 is 0.783 bits per heavy atom. The second-order valence-corrected chi connectivity index (χ2v) is 5.95. The number of fused-ring (bicyclic) bond motifs is 3. The van der Waals surface area contributed by atoms with Gasteiger partial charge in [-0.1, -0.05) is 42.5 Å². The van der Waals surface area contributed by atoms with Crippen molar-refractivity contribution in [2.45, 2.75) is 6.42 Å². The van der Waals surface area contributed by atoms with Gasteiger partial charge in [0, 0.05) is 28.9 Å². The monoisotopic (exact) mass is 301 g/mol. The molecule has 0 unspecified atom stereocenters. The molecule has 0 radical (unpaired) electrons. The Morgan fingerprint density at radius 2 is 1.48 bits per heavy atom. The van der Waals surface area contributed by atoms with Gasteiger partial charge in [-0.15, -0.1) is 0 Å². The molecule has 1 aromatic heterocycles. The van der Waals surface area contributed by atoms with Crippen molar-refractivity contribution in [1.82, 2.24) is 4.57 Å². The number of para-hydroxylation sites is 1. The Labute approximate surface area is 135 Å². The van der Waals surface area contributed by atoms with Crippen molar-refractivity contribution in [3.05, 3.63) is 77.9 Å². The van der Waals surface area contributed by atoms with Crippen LogP contribution in [0.4, 0.5) is 0 Å². The second kappa shape index (κ2) is 5.47. The normalized spacial score (nSPS) is 11.2. The van der Waals surface area contributed by atoms with Gasteiger partial charge in [0.15, 0.2) is 0 Å². The number of methoxy groups -OCH3 is 1. The Morgan fingerprint density at radius 3 is 2.26 bits per heavy atom. The second-order valence-electron chi connectivity index (χ2n) is 5.95. The number of rotatable bonds is 3. The minimum atomic E-state index is 0.901. The summed E-state index contributed by atoms with van der Waals surface area (Å²) in [6.07, 6.45) is 0.932. The van der Waals surface area contributed by atoms with Gasteiger partial charge < -0.3 is 9.30 Å². The van der Waals surface area contributed by atoms with Crippen LogP contribution in [0, 0.1) is 0 Å². The molecule has 0 bridgehead atoms. The minimum absolute atomic E-state index is 0.901. The molecule has 0 aliphatic rings. The lowest BCUT2D eigenvalue weighted by Gasteiger charge is -2.05. The van der Waals surface area contributed by atoms with Gasteiger partial charge in [-0.3, -0.25) is 0 Å². The number of hydrogen-bond donors (Lipinski definition) is 0. The highest BCUT2D eigenvalue weighted by atomic mass is 16.5. The highest BCUT2D eigenvalue weighted by molar-refractivity contribution is 6.08. The molecule has 0 atom stereocenters. The lowest BCUT2D eigenvalue weighted by atomic mass is 10.0. The van der Waals surface area contributed by atoms with Crippen LogP contribution in [0.5, 0.6) is 5.75 Å². The maximum Gasteiger partial charge on any atom is 0.118 e. The van der Waals surface area contributed by atoms with Gasteiger partial charge >= 0.3 is 0 Å². The van der Waals surface area contributed by atoms with Crippen molar-refractivity contribution in [2.24, 2.45) is 7.05 Å². The third-order valence-electron chi connectivity index (χ3n) is 4.55. The van der Waals surface area contributed by atoms with Crippen LogP contribution in [0.3, 0.4) is 0 Å². The summed E-state index contributed by atoms with van der Waals surface area (Å²) in [5, 5.41) is 2.64. The van der Waals surface area contributed by atoms with Crippen LogP contribution in [0.1, 0.15) is 11.1 Å². The standard InChI is InChI=1S/C21H19NO/c1-22-20-6-4-3-5-18(20)19-12-9-16(14-21(19)22)13-15-7-10-17(23-2)11-8-15/h3-12,14H,13H2,1-2H3. The summed E-state index contributed by atoms with van der Waals surface area (Å²) < 4.78 is 7.50. The molecule has 0 spiro atoms. The van der Waals surface area contributed by atoms with E-state index in [2.05, 4.69) is 66.2 Å². The SMILES string of the molecule is COc1ccc(Cc2ccc3c4ccccc4n(C)c3c2)cc1. The van der Waals surface area contributed by atoms with Crippen molar-refractivity contribution in [1.29, 1.82) is 0 Å². The summed E-state index contributed by atoms with van der Waals surface area (Å²) in [6, 6.07) is 23.7. The van der Waals surface area contributed by atoms with E-state index in [9.17, 15) is 0 Å². The van der Waals surface area contributed by atoms with Gasteiger partial charge in [-0.2, -0.15) is 0 Å². The quantitative estimate of drug-likeness (QED) is 0.523. The van der Waals surface area contributed by atoms with E-state index in [-0.39, 0.29) is 0 Å². The number of ether oxygens (including phenoxy) is 1. The fraction of sp³-hybridized carbons (Fsp3) is 0.143. The molecule has 1 heterocycles. The number of aryl methyl sites for hydroxylation is 1. The number of nitrogens with zero attached hydrogens (tertiary/aromatic N) is 1. The number of hydrogen-bond acceptors (Lipinski definition) is 1. The molecule has 3 aromatic carbocycles. The highest BCUT2D eigenvalue weighted by Gasteiger charge is 2.08. The van der Waals surface area contributed by atoms with Crippen LogP contribution in [-0.2, 0) is 13.5 Å². The lowest BCUT2D eigenvalue weighted by Crippen LogP contribution is -1.91. The van der Waals surface area contributed by atoms with Crippen LogP contribution in [-0.4, -0.2) is 11.7 Å². The molecule has 0 amide bonds. The van der Waals surface area contributed by atoms with Crippen LogP contribution in [0.15, 0.2) is 66.7 Å². The van der Waals surface area contributed by atoms with Gasteiger partial charge in [0.2, 0.25) is 0 Å². The van der Waals surface area contributed by atoms with Crippen molar-refractivity contribution in [3.63, 3.8) is 0 Å². The molecule has 114 valence electrons. The third-order valence-corrected chi connectivity index (χ3v) is 4.55. The summed E-state index contributed by atoms with van der Waals surface area (Å²) in [6.45, 7) is 0. The fourth-order valence-electron chi connectivity index (χ4n) is 3.30. The highest BCUT2D eigenvalue weighted by Crippen LogP contribution is 2.29. The third kappa shape index (κ3) is 2.36. The summed E-state index contributed by atoms with van der Waals surface area (Å²) in [5.74, 6) is 0.901. The van der Waals surface area contributed by atoms with Crippen LogP contribution < -0.4 is 4.74 Å². The van der Waals surface area contributed by atoms with E-state index < -0.39 is 0 Å². The summed E-state index contributed by atoms with van der Waals surface area (Å²) >= 11 is 0. The number of aromatic nitrogens is 1. The predicted octanol–water partition coefficient (Wildman–Crippen LogP) is 4.93. The molecule has 4 rings (SSSR count). The van der Waals surface area contributed by atoms with E-state index in [4.69, 9.17) is 4.74 Å². The molecule has 23 heavy (non-hydrogen) atoms. The first-order valence-electron chi connectivity index (χ1n) is 7.85. The molecule has 0 saturated heterocycles. The summed E-state index contributed by atoms with van der Waals surface area (Å²) in [5.41, 5.74) is 5.19. The molecule has 0 aliphatic heterocycles. The van der Waals surface area contributed by atoms with Gasteiger partial charge in [-0.05, 0) is 41.8 Å². The van der Waals surface area contributed by atoms with Gasteiger partial charge in [-0.25, -0.2) is 0 Å². The maximum absolute atomic E-state index is 5.22. The largest absolute Gasteiger partial charge is 0.497 e. The summed E-state index contributed by atoms with van der Waals surface area (Å²) in [4.78, 5) is 0. The minimum Gasteiger partial charge on any atom is -0.497 e. The van der Waals surface area contributed by atoms with Crippen molar-refractivity contribution in [2.75, 3.05) is 7.11 Å². The Hall–Kier alpha value is -2.74. The summed E-state index contributed by atoms with van der Waals surface area (Å²) in [7, 11) is 3.84. The molecule has 4 aromatic rings. The zero-order valence-corrected chi connectivity index (χ0v) is 13.4. The first-order valence-corrected chi connectivity index (χ1v) is 7.85. The van der Waals surface area contributed by atoms with E-state index >= 15 is 0 Å². The van der Waals surface area contributed by atoms with Crippen molar-refractivity contribution >= 4 is 21.8 Å². The van der Waals surface area contributed by atoms with Crippen LogP contribution in [0.2, 0.25) is 0 Å². The Balaban J connectivity index is 1.76. The van der Waals surface area contributed by atoms with Crippen molar-refractivity contribution < 1.29 is 4.74 Å². The molecule has 2 nitrogen and oxygen atoms in total. The van der Waals surface area contributed by atoms with E-state index in [0.29, 0.717) is 0 Å². The molecule has 0 aliphatic carbocycles. The number of benzene rings is 3. The van der Waals surface area contributed by atoms with Crippen molar-refractivity contribution in [3.8, 4) is 5.75 Å². The molecule has 2 heteroatoms. The Kier molecular flexibility index (Phi) is 3.30. The van der Waals surface area contributed by atoms with E-state index in [0.717, 1.165) is 12.2 Å². The van der Waals surface area contributed by atoms with Crippen LogP contribution >= 0.6 is 0 Å². The molecular formula is C21H19NO. The molecule has 0 saturated carbocycles. The smallest absolute Gasteiger partial charge is 0.118 e. The topological polar surface area (TPSA) is 14.2 Å². The van der Waals surface area contributed by atoms with E-state index in [1.54, 1.807) is 7.11 Å². The van der Waals surface area contributed by atoms with Gasteiger partial charge in [0.05, 0.1) is 7.11 Å². The zero-order chi connectivity index (χ0) is 15.8. The Bertz CT molecular complexity index is 980. The first kappa shape index (κ1) is 13.9. The molecule has 0 fully saturated rings. The van der Waals surface area contributed by atoms with Gasteiger partial charge in [0.1, 0.15) is 5.75 Å². The average molecular weight is 301 g/mol. The van der Waals surface area contributed by atoms with Crippen LogP contribution in [0.25, 0.3) is 21.8 Å². The predicted molar refractivity (Wildman–Crippen MR) is 96.2 cm³/mol. The average Bonchev–Trinajstić information content (AvgIpc) is 2.89. The van der Waals surface area contributed by atoms with E-state index in [1.807, 2.05) is 12.1 Å². The van der Waals surface area contributed by atoms with E-state index in [1.165, 1.54) is 32.9 Å². The lowest BCUT2D eigenvalue weighted by molar-refractivity contribution is 0.414. The molecule has 0 N–H and O–H groups in total. The fourth-order valence-corrected chi connectivity index (χ4v) is 3.30. The molecular weight excluding hydrogens is 282 g/mol. The maximum atomic E-state index is 5.22. The zero-order valence-electron chi connectivity index (χ0n) is 13.4. The van der Waals surface area contributed by atoms with Gasteiger partial charge in [0.25, 0.3) is 0 Å².